The highest BCUT2D eigenvalue weighted by atomic mass is 16.7. The van der Waals surface area contributed by atoms with Gasteiger partial charge in [-0.2, -0.15) is 0 Å². The van der Waals surface area contributed by atoms with Crippen LogP contribution in [0.1, 0.15) is 23.7 Å². The summed E-state index contributed by atoms with van der Waals surface area (Å²) in [4.78, 5) is 23.9. The van der Waals surface area contributed by atoms with Gasteiger partial charge in [0.15, 0.2) is 0 Å². The van der Waals surface area contributed by atoms with E-state index in [1.54, 1.807) is 12.2 Å². The van der Waals surface area contributed by atoms with Crippen molar-refractivity contribution in [1.82, 2.24) is 0 Å². The van der Waals surface area contributed by atoms with Gasteiger partial charge in [0, 0.05) is 12.2 Å². The second-order valence-corrected chi connectivity index (χ2v) is 6.44. The van der Waals surface area contributed by atoms with Crippen LogP contribution in [0.2, 0.25) is 0 Å². The van der Waals surface area contributed by atoms with E-state index >= 15 is 0 Å². The molecule has 1 fully saturated rings. The number of esters is 2. The molecular weight excluding hydrogens is 344 g/mol. The molecular formula is C22H18O5. The third kappa shape index (κ3) is 3.83. The standard InChI is InChI=1S/C22H18O5/c23-19(12-11-16-7-3-1-4-8-16)25-18-15-22(14-13-20(24)26-22)27-21(18)17-9-5-2-6-10-17/h1-14,18,21H,15H2/b12-11+/t18-,21-,22+/m0/s1. The molecule has 3 atom stereocenters. The van der Waals surface area contributed by atoms with Crippen molar-refractivity contribution in [3.63, 3.8) is 0 Å². The van der Waals surface area contributed by atoms with E-state index in [9.17, 15) is 9.59 Å². The molecule has 0 aromatic heterocycles. The maximum Gasteiger partial charge on any atom is 0.333 e. The first-order valence-electron chi connectivity index (χ1n) is 8.72. The molecule has 2 aliphatic rings. The van der Waals surface area contributed by atoms with Crippen LogP contribution in [-0.2, 0) is 23.8 Å². The summed E-state index contributed by atoms with van der Waals surface area (Å²) in [6.07, 6.45) is 5.16. The van der Waals surface area contributed by atoms with Gasteiger partial charge in [0.05, 0.1) is 6.42 Å². The molecule has 2 heterocycles. The molecule has 0 amide bonds. The monoisotopic (exact) mass is 362 g/mol. The summed E-state index contributed by atoms with van der Waals surface area (Å²) in [7, 11) is 0. The third-order valence-corrected chi connectivity index (χ3v) is 4.50. The van der Waals surface area contributed by atoms with Crippen molar-refractivity contribution < 1.29 is 23.8 Å². The summed E-state index contributed by atoms with van der Waals surface area (Å²) in [5.74, 6) is -2.11. The number of ether oxygens (including phenoxy) is 3. The van der Waals surface area contributed by atoms with Crippen molar-refractivity contribution >= 4 is 18.0 Å². The van der Waals surface area contributed by atoms with E-state index in [-0.39, 0.29) is 6.42 Å². The van der Waals surface area contributed by atoms with E-state index in [0.29, 0.717) is 0 Å². The fourth-order valence-corrected chi connectivity index (χ4v) is 3.28. The molecule has 2 aromatic carbocycles. The Labute approximate surface area is 156 Å². The largest absolute Gasteiger partial charge is 0.456 e. The first-order chi connectivity index (χ1) is 13.1. The van der Waals surface area contributed by atoms with Crippen molar-refractivity contribution in [2.24, 2.45) is 0 Å². The topological polar surface area (TPSA) is 61.8 Å². The van der Waals surface area contributed by atoms with Gasteiger partial charge >= 0.3 is 11.9 Å². The van der Waals surface area contributed by atoms with Crippen LogP contribution in [-0.4, -0.2) is 23.8 Å². The number of benzene rings is 2. The van der Waals surface area contributed by atoms with Gasteiger partial charge in [-0.15, -0.1) is 0 Å². The van der Waals surface area contributed by atoms with Crippen LogP contribution in [0.5, 0.6) is 0 Å². The second kappa shape index (κ2) is 7.21. The summed E-state index contributed by atoms with van der Waals surface area (Å²) >= 11 is 0. The molecule has 0 bridgehead atoms. The number of rotatable bonds is 4. The molecule has 0 radical (unpaired) electrons. The maximum absolute atomic E-state index is 12.3. The van der Waals surface area contributed by atoms with Gasteiger partial charge in [0.25, 0.3) is 0 Å². The molecule has 5 heteroatoms. The fraction of sp³-hybridized carbons (Fsp3) is 0.182. The molecule has 4 rings (SSSR count). The van der Waals surface area contributed by atoms with Gasteiger partial charge in [-0.25, -0.2) is 9.59 Å². The van der Waals surface area contributed by atoms with E-state index in [0.717, 1.165) is 11.1 Å². The molecule has 27 heavy (non-hydrogen) atoms. The van der Waals surface area contributed by atoms with Gasteiger partial charge in [-0.1, -0.05) is 60.7 Å². The molecule has 136 valence electrons. The Morgan fingerprint density at radius 1 is 1.07 bits per heavy atom. The number of hydrogen-bond acceptors (Lipinski definition) is 5. The first-order valence-corrected chi connectivity index (χ1v) is 8.72. The Bertz CT molecular complexity index is 887. The molecule has 1 spiro atoms. The number of carbonyl (C=O) groups is 2. The summed E-state index contributed by atoms with van der Waals surface area (Å²) in [6.45, 7) is 0. The number of carbonyl (C=O) groups excluding carboxylic acids is 2. The smallest absolute Gasteiger partial charge is 0.333 e. The van der Waals surface area contributed by atoms with Crippen molar-refractivity contribution in [1.29, 1.82) is 0 Å². The summed E-state index contributed by atoms with van der Waals surface area (Å²) in [6, 6.07) is 18.9. The Kier molecular flexibility index (Phi) is 4.60. The van der Waals surface area contributed by atoms with Crippen molar-refractivity contribution in [2.45, 2.75) is 24.4 Å². The lowest BCUT2D eigenvalue weighted by atomic mass is 10.0. The van der Waals surface area contributed by atoms with Crippen LogP contribution >= 0.6 is 0 Å². The molecule has 1 saturated heterocycles. The van der Waals surface area contributed by atoms with Gasteiger partial charge < -0.3 is 14.2 Å². The van der Waals surface area contributed by atoms with Crippen LogP contribution in [0.3, 0.4) is 0 Å². The van der Waals surface area contributed by atoms with Crippen LogP contribution in [0.15, 0.2) is 78.9 Å². The lowest BCUT2D eigenvalue weighted by Gasteiger charge is -2.21. The molecule has 0 aliphatic carbocycles. The minimum Gasteiger partial charge on any atom is -0.456 e. The van der Waals surface area contributed by atoms with E-state index in [4.69, 9.17) is 14.2 Å². The highest BCUT2D eigenvalue weighted by molar-refractivity contribution is 5.87. The molecule has 2 aromatic rings. The average Bonchev–Trinajstić information content (AvgIpc) is 3.23. The van der Waals surface area contributed by atoms with Gasteiger partial charge in [0.2, 0.25) is 5.79 Å². The van der Waals surface area contributed by atoms with Gasteiger partial charge in [-0.3, -0.25) is 0 Å². The zero-order valence-corrected chi connectivity index (χ0v) is 14.5. The third-order valence-electron chi connectivity index (χ3n) is 4.50. The predicted molar refractivity (Wildman–Crippen MR) is 98.2 cm³/mol. The molecule has 5 nitrogen and oxygen atoms in total. The average molecular weight is 362 g/mol. The van der Waals surface area contributed by atoms with Crippen LogP contribution < -0.4 is 0 Å². The predicted octanol–water partition coefficient (Wildman–Crippen LogP) is 3.58. The maximum atomic E-state index is 12.3. The molecule has 0 unspecified atom stereocenters. The van der Waals surface area contributed by atoms with E-state index < -0.39 is 29.9 Å². The van der Waals surface area contributed by atoms with Gasteiger partial charge in [0.1, 0.15) is 12.2 Å². The van der Waals surface area contributed by atoms with Crippen molar-refractivity contribution in [3.8, 4) is 0 Å². The second-order valence-electron chi connectivity index (χ2n) is 6.44. The Morgan fingerprint density at radius 3 is 2.44 bits per heavy atom. The van der Waals surface area contributed by atoms with E-state index in [1.165, 1.54) is 12.2 Å². The zero-order valence-electron chi connectivity index (χ0n) is 14.5. The lowest BCUT2D eigenvalue weighted by Crippen LogP contribution is -2.27. The lowest BCUT2D eigenvalue weighted by molar-refractivity contribution is -0.193. The fourth-order valence-electron chi connectivity index (χ4n) is 3.28. The molecule has 0 saturated carbocycles. The quantitative estimate of drug-likeness (QED) is 0.614. The SMILES string of the molecule is O=C1C=C[C@@]2(C[C@H](OC(=O)/C=C/c3ccccc3)[C@H](c3ccccc3)O2)O1. The van der Waals surface area contributed by atoms with E-state index in [1.807, 2.05) is 60.7 Å². The summed E-state index contributed by atoms with van der Waals surface area (Å²) < 4.78 is 17.0. The Morgan fingerprint density at radius 2 is 1.78 bits per heavy atom. The highest BCUT2D eigenvalue weighted by Crippen LogP contribution is 2.44. The minimum absolute atomic E-state index is 0.250. The Balaban J connectivity index is 1.52. The van der Waals surface area contributed by atoms with Crippen LogP contribution in [0.25, 0.3) is 6.08 Å². The first kappa shape index (κ1) is 17.2. The van der Waals surface area contributed by atoms with Crippen molar-refractivity contribution in [3.05, 3.63) is 90.0 Å². The molecule has 2 aliphatic heterocycles. The van der Waals surface area contributed by atoms with Gasteiger partial charge in [-0.05, 0) is 23.3 Å². The zero-order chi connectivity index (χ0) is 18.7. The van der Waals surface area contributed by atoms with Crippen LogP contribution in [0, 0.1) is 0 Å². The Hall–Kier alpha value is -3.18. The summed E-state index contributed by atoms with van der Waals surface area (Å²) in [5.41, 5.74) is 1.76. The highest BCUT2D eigenvalue weighted by Gasteiger charge is 2.52. The molecule has 0 N–H and O–H groups in total. The minimum atomic E-state index is -1.17. The van der Waals surface area contributed by atoms with E-state index in [2.05, 4.69) is 0 Å². The normalized spacial score (nSPS) is 26.6. The van der Waals surface area contributed by atoms with Crippen molar-refractivity contribution in [2.75, 3.05) is 0 Å². The van der Waals surface area contributed by atoms with Crippen LogP contribution in [0.4, 0.5) is 0 Å². The summed E-state index contributed by atoms with van der Waals surface area (Å²) in [5, 5.41) is 0. The number of hydrogen-bond donors (Lipinski definition) is 0.